The van der Waals surface area contributed by atoms with Gasteiger partial charge in [-0.25, -0.2) is 0 Å². The lowest BCUT2D eigenvalue weighted by Crippen LogP contribution is -2.01. The number of rotatable bonds is 3. The normalized spacial score (nSPS) is 12.2. The Morgan fingerprint density at radius 3 is 2.85 bits per heavy atom. The molecule has 13 heavy (non-hydrogen) atoms. The number of aliphatic hydroxyl groups is 1. The Labute approximate surface area is 85.0 Å². The van der Waals surface area contributed by atoms with Gasteiger partial charge in [0.1, 0.15) is 12.4 Å². The first-order valence-corrected chi connectivity index (χ1v) is 4.52. The van der Waals surface area contributed by atoms with Crippen molar-refractivity contribution in [3.05, 3.63) is 46.5 Å². The Kier molecular flexibility index (Phi) is 3.39. The summed E-state index contributed by atoms with van der Waals surface area (Å²) in [6.07, 6.45) is -0.346. The number of aliphatic hydroxyl groups excluding tert-OH is 1. The number of carbonyl (C=O) groups is 1. The van der Waals surface area contributed by atoms with Crippen LogP contribution in [0, 0.1) is 0 Å². The Hall–Kier alpha value is -0.930. The van der Waals surface area contributed by atoms with E-state index in [1.54, 1.807) is 18.2 Å². The van der Waals surface area contributed by atoms with Gasteiger partial charge in [0, 0.05) is 10.0 Å². The molecule has 1 atom stereocenters. The van der Waals surface area contributed by atoms with E-state index < -0.39 is 6.10 Å². The van der Waals surface area contributed by atoms with Gasteiger partial charge >= 0.3 is 0 Å². The van der Waals surface area contributed by atoms with E-state index in [9.17, 15) is 9.90 Å². The molecule has 0 fully saturated rings. The number of benzene rings is 1. The molecule has 0 aliphatic heterocycles. The lowest BCUT2D eigenvalue weighted by molar-refractivity contribution is -0.105. The maximum atomic E-state index is 10.3. The molecule has 0 bridgehead atoms. The maximum Gasteiger partial charge on any atom is 0.148 e. The van der Waals surface area contributed by atoms with Gasteiger partial charge in [0.15, 0.2) is 0 Å². The molecular formula is C10H9BrO2. The second-order valence-corrected chi connectivity index (χ2v) is 3.57. The molecule has 0 amide bonds. The molecule has 68 valence electrons. The molecule has 0 saturated heterocycles. The molecular weight excluding hydrogens is 232 g/mol. The number of hydrogen-bond donors (Lipinski definition) is 1. The number of halogens is 1. The highest BCUT2D eigenvalue weighted by Gasteiger charge is 2.10. The van der Waals surface area contributed by atoms with Crippen molar-refractivity contribution >= 4 is 22.2 Å². The topological polar surface area (TPSA) is 37.3 Å². The van der Waals surface area contributed by atoms with E-state index in [1.165, 1.54) is 0 Å². The quantitative estimate of drug-likeness (QED) is 0.650. The van der Waals surface area contributed by atoms with Gasteiger partial charge in [0.05, 0.1) is 0 Å². The van der Waals surface area contributed by atoms with E-state index in [0.717, 1.165) is 4.47 Å². The molecule has 1 rings (SSSR count). The van der Waals surface area contributed by atoms with Crippen LogP contribution in [0.1, 0.15) is 11.7 Å². The van der Waals surface area contributed by atoms with E-state index in [2.05, 4.69) is 22.5 Å². The zero-order valence-electron chi connectivity index (χ0n) is 6.90. The summed E-state index contributed by atoms with van der Waals surface area (Å²) in [6, 6.07) is 7.13. The first kappa shape index (κ1) is 10.2. The van der Waals surface area contributed by atoms with E-state index in [-0.39, 0.29) is 5.57 Å². The first-order chi connectivity index (χ1) is 6.15. The highest BCUT2D eigenvalue weighted by molar-refractivity contribution is 9.10. The van der Waals surface area contributed by atoms with Gasteiger partial charge in [-0.15, -0.1) is 0 Å². The average Bonchev–Trinajstić information content (AvgIpc) is 2.15. The Morgan fingerprint density at radius 2 is 2.31 bits per heavy atom. The van der Waals surface area contributed by atoms with Crippen molar-refractivity contribution in [1.29, 1.82) is 0 Å². The predicted molar refractivity (Wildman–Crippen MR) is 54.3 cm³/mol. The van der Waals surface area contributed by atoms with Crippen molar-refractivity contribution in [2.24, 2.45) is 0 Å². The van der Waals surface area contributed by atoms with Crippen molar-refractivity contribution in [3.63, 3.8) is 0 Å². The van der Waals surface area contributed by atoms with Crippen LogP contribution in [0.15, 0.2) is 40.9 Å². The minimum Gasteiger partial charge on any atom is -0.384 e. The summed E-state index contributed by atoms with van der Waals surface area (Å²) < 4.78 is 0.864. The van der Waals surface area contributed by atoms with Crippen LogP contribution in [-0.4, -0.2) is 11.4 Å². The molecule has 0 aliphatic carbocycles. The minimum atomic E-state index is -0.907. The number of carbonyl (C=O) groups excluding carboxylic acids is 1. The fourth-order valence-electron chi connectivity index (χ4n) is 0.955. The summed E-state index contributed by atoms with van der Waals surface area (Å²) in [5.41, 5.74) is 0.824. The Balaban J connectivity index is 2.94. The Bertz CT molecular complexity index is 333. The van der Waals surface area contributed by atoms with Crippen molar-refractivity contribution in [2.45, 2.75) is 6.10 Å². The Morgan fingerprint density at radius 1 is 1.62 bits per heavy atom. The van der Waals surface area contributed by atoms with Crippen LogP contribution in [0.5, 0.6) is 0 Å². The average molecular weight is 241 g/mol. The monoisotopic (exact) mass is 240 g/mol. The lowest BCUT2D eigenvalue weighted by atomic mass is 10.0. The van der Waals surface area contributed by atoms with Crippen molar-refractivity contribution in [1.82, 2.24) is 0 Å². The van der Waals surface area contributed by atoms with Gasteiger partial charge in [0.2, 0.25) is 0 Å². The van der Waals surface area contributed by atoms with E-state index in [4.69, 9.17) is 0 Å². The number of hydrogen-bond acceptors (Lipinski definition) is 2. The van der Waals surface area contributed by atoms with E-state index in [1.807, 2.05) is 6.07 Å². The third kappa shape index (κ3) is 2.50. The maximum absolute atomic E-state index is 10.3. The standard InChI is InChI=1S/C10H9BrO2/c1-7(6-12)10(13)8-3-2-4-9(11)5-8/h2-6,10,13H,1H2. The van der Waals surface area contributed by atoms with Crippen LogP contribution in [0.2, 0.25) is 0 Å². The molecule has 0 saturated carbocycles. The van der Waals surface area contributed by atoms with Gasteiger partial charge in [-0.1, -0.05) is 34.6 Å². The fourth-order valence-corrected chi connectivity index (χ4v) is 1.37. The highest BCUT2D eigenvalue weighted by atomic mass is 79.9. The van der Waals surface area contributed by atoms with Crippen LogP contribution < -0.4 is 0 Å². The van der Waals surface area contributed by atoms with Crippen LogP contribution in [0.25, 0.3) is 0 Å². The molecule has 1 unspecified atom stereocenters. The van der Waals surface area contributed by atoms with Gasteiger partial charge in [0.25, 0.3) is 0 Å². The lowest BCUT2D eigenvalue weighted by Gasteiger charge is -2.09. The van der Waals surface area contributed by atoms with Crippen LogP contribution in [0.3, 0.4) is 0 Å². The van der Waals surface area contributed by atoms with E-state index in [0.29, 0.717) is 11.8 Å². The van der Waals surface area contributed by atoms with Crippen LogP contribution in [-0.2, 0) is 4.79 Å². The fraction of sp³-hybridized carbons (Fsp3) is 0.100. The second kappa shape index (κ2) is 4.35. The van der Waals surface area contributed by atoms with Crippen LogP contribution in [0.4, 0.5) is 0 Å². The third-order valence-corrected chi connectivity index (χ3v) is 2.16. The molecule has 1 aromatic rings. The van der Waals surface area contributed by atoms with Gasteiger partial charge in [-0.3, -0.25) is 4.79 Å². The molecule has 0 heterocycles. The molecule has 0 radical (unpaired) electrons. The molecule has 0 spiro atoms. The first-order valence-electron chi connectivity index (χ1n) is 3.72. The molecule has 0 aliphatic rings. The zero-order chi connectivity index (χ0) is 9.84. The molecule has 2 nitrogen and oxygen atoms in total. The third-order valence-electron chi connectivity index (χ3n) is 1.67. The molecule has 1 aromatic carbocycles. The highest BCUT2D eigenvalue weighted by Crippen LogP contribution is 2.21. The molecule has 1 N–H and O–H groups in total. The van der Waals surface area contributed by atoms with Crippen molar-refractivity contribution in [2.75, 3.05) is 0 Å². The summed E-state index contributed by atoms with van der Waals surface area (Å²) >= 11 is 3.27. The molecule has 3 heteroatoms. The van der Waals surface area contributed by atoms with Gasteiger partial charge in [-0.05, 0) is 17.7 Å². The smallest absolute Gasteiger partial charge is 0.148 e. The summed E-state index contributed by atoms with van der Waals surface area (Å²) in [5.74, 6) is 0. The zero-order valence-corrected chi connectivity index (χ0v) is 8.49. The second-order valence-electron chi connectivity index (χ2n) is 2.65. The largest absolute Gasteiger partial charge is 0.384 e. The minimum absolute atomic E-state index is 0.165. The summed E-state index contributed by atoms with van der Waals surface area (Å²) in [7, 11) is 0. The van der Waals surface area contributed by atoms with Crippen LogP contribution >= 0.6 is 15.9 Å². The van der Waals surface area contributed by atoms with Crippen molar-refractivity contribution in [3.8, 4) is 0 Å². The molecule has 0 aromatic heterocycles. The van der Waals surface area contributed by atoms with Gasteiger partial charge in [-0.2, -0.15) is 0 Å². The summed E-state index contributed by atoms with van der Waals surface area (Å²) in [6.45, 7) is 3.45. The van der Waals surface area contributed by atoms with Crippen molar-refractivity contribution < 1.29 is 9.90 Å². The van der Waals surface area contributed by atoms with E-state index >= 15 is 0 Å². The van der Waals surface area contributed by atoms with Gasteiger partial charge < -0.3 is 5.11 Å². The SMILES string of the molecule is C=C(C=O)C(O)c1cccc(Br)c1. The summed E-state index contributed by atoms with van der Waals surface area (Å²) in [4.78, 5) is 10.3. The predicted octanol–water partition coefficient (Wildman–Crippen LogP) is 2.24. The number of aldehydes is 1. The summed E-state index contributed by atoms with van der Waals surface area (Å²) in [5, 5.41) is 9.56.